The van der Waals surface area contributed by atoms with E-state index in [4.69, 9.17) is 5.73 Å². The summed E-state index contributed by atoms with van der Waals surface area (Å²) in [6.45, 7) is 4.05. The molecule has 1 aromatic heterocycles. The van der Waals surface area contributed by atoms with Crippen LogP contribution in [0.3, 0.4) is 0 Å². The Labute approximate surface area is 121 Å². The third-order valence-electron chi connectivity index (χ3n) is 3.58. The lowest BCUT2D eigenvalue weighted by Gasteiger charge is -2.07. The van der Waals surface area contributed by atoms with Crippen molar-refractivity contribution in [2.75, 3.05) is 5.73 Å². The number of nitrogens with two attached hydrogens (primary N) is 1. The molecular weight excluding hydrogens is 268 g/mol. The molecule has 0 amide bonds. The number of fused-ring (bicyclic) bond motifs is 1. The molecule has 0 spiro atoms. The fourth-order valence-electron chi connectivity index (χ4n) is 2.33. The summed E-state index contributed by atoms with van der Waals surface area (Å²) >= 11 is 0. The number of aromatic nitrogens is 2. The molecule has 21 heavy (non-hydrogen) atoms. The predicted molar refractivity (Wildman–Crippen MR) is 81.6 cm³/mol. The summed E-state index contributed by atoms with van der Waals surface area (Å²) in [5.74, 6) is 0. The maximum absolute atomic E-state index is 11.0. The second-order valence-corrected chi connectivity index (χ2v) is 5.08. The molecular formula is C15H14N4O2. The highest BCUT2D eigenvalue weighted by atomic mass is 16.6. The number of aryl methyl sites for hydroxylation is 2. The van der Waals surface area contributed by atoms with Gasteiger partial charge in [-0.15, -0.1) is 0 Å². The molecule has 0 saturated carbocycles. The Bertz CT molecular complexity index is 867. The maximum atomic E-state index is 11.0. The van der Waals surface area contributed by atoms with Crippen LogP contribution in [0.25, 0.3) is 16.7 Å². The molecule has 0 bridgehead atoms. The number of imidazole rings is 1. The van der Waals surface area contributed by atoms with E-state index in [1.807, 2.05) is 30.5 Å². The van der Waals surface area contributed by atoms with E-state index in [9.17, 15) is 10.1 Å². The fraction of sp³-hybridized carbons (Fsp3) is 0.133. The molecule has 0 aliphatic carbocycles. The average Bonchev–Trinajstić information content (AvgIpc) is 2.81. The van der Waals surface area contributed by atoms with E-state index in [0.717, 1.165) is 22.2 Å². The van der Waals surface area contributed by atoms with Gasteiger partial charge >= 0.3 is 0 Å². The van der Waals surface area contributed by atoms with E-state index in [1.165, 1.54) is 12.1 Å². The first-order chi connectivity index (χ1) is 9.95. The Hall–Kier alpha value is -2.89. The van der Waals surface area contributed by atoms with Gasteiger partial charge in [-0.3, -0.25) is 14.7 Å². The van der Waals surface area contributed by atoms with Gasteiger partial charge in [0.1, 0.15) is 6.33 Å². The summed E-state index contributed by atoms with van der Waals surface area (Å²) in [6.07, 6.45) is 1.65. The molecule has 1 heterocycles. The zero-order chi connectivity index (χ0) is 15.1. The van der Waals surface area contributed by atoms with Crippen LogP contribution in [0.4, 0.5) is 11.4 Å². The van der Waals surface area contributed by atoms with Gasteiger partial charge in [0.2, 0.25) is 0 Å². The number of benzene rings is 2. The Morgan fingerprint density at radius 2 is 1.86 bits per heavy atom. The Morgan fingerprint density at radius 3 is 2.57 bits per heavy atom. The van der Waals surface area contributed by atoms with Gasteiger partial charge in [-0.05, 0) is 43.2 Å². The van der Waals surface area contributed by atoms with Crippen LogP contribution in [0.2, 0.25) is 0 Å². The number of nitrogens with zero attached hydrogens (tertiary/aromatic N) is 3. The minimum atomic E-state index is -0.450. The summed E-state index contributed by atoms with van der Waals surface area (Å²) in [7, 11) is 0. The number of hydrogen-bond acceptors (Lipinski definition) is 4. The van der Waals surface area contributed by atoms with Gasteiger partial charge in [-0.2, -0.15) is 0 Å². The Kier molecular flexibility index (Phi) is 2.86. The quantitative estimate of drug-likeness (QED) is 0.444. The number of hydrogen-bond donors (Lipinski definition) is 1. The molecule has 0 atom stereocenters. The molecule has 6 nitrogen and oxygen atoms in total. The summed E-state index contributed by atoms with van der Waals surface area (Å²) < 4.78 is 1.81. The van der Waals surface area contributed by atoms with Gasteiger partial charge in [0.15, 0.2) is 0 Å². The molecule has 106 valence electrons. The van der Waals surface area contributed by atoms with E-state index in [-0.39, 0.29) is 5.69 Å². The highest BCUT2D eigenvalue weighted by Gasteiger charge is 2.12. The second kappa shape index (κ2) is 4.59. The molecule has 0 saturated heterocycles. The summed E-state index contributed by atoms with van der Waals surface area (Å²) in [4.78, 5) is 14.9. The van der Waals surface area contributed by atoms with Crippen molar-refractivity contribution in [2.45, 2.75) is 13.8 Å². The van der Waals surface area contributed by atoms with E-state index < -0.39 is 4.92 Å². The maximum Gasteiger partial charge on any atom is 0.273 e. The SMILES string of the molecule is Cc1cc2ncn(-c3cc(N)cc([N+](=O)[O-])c3)c2cc1C. The number of rotatable bonds is 2. The molecule has 6 heteroatoms. The first-order valence-electron chi connectivity index (χ1n) is 6.45. The summed E-state index contributed by atoms with van der Waals surface area (Å²) in [5, 5.41) is 11.0. The molecule has 2 N–H and O–H groups in total. The van der Waals surface area contributed by atoms with Crippen molar-refractivity contribution in [3.63, 3.8) is 0 Å². The van der Waals surface area contributed by atoms with E-state index in [0.29, 0.717) is 11.4 Å². The topological polar surface area (TPSA) is 87.0 Å². The van der Waals surface area contributed by atoms with Gasteiger partial charge in [-0.1, -0.05) is 0 Å². The molecule has 0 unspecified atom stereocenters. The zero-order valence-electron chi connectivity index (χ0n) is 11.7. The van der Waals surface area contributed by atoms with Crippen LogP contribution in [0.1, 0.15) is 11.1 Å². The number of nitro groups is 1. The molecule has 3 rings (SSSR count). The monoisotopic (exact) mass is 282 g/mol. The third kappa shape index (κ3) is 2.20. The van der Waals surface area contributed by atoms with Crippen molar-refractivity contribution in [2.24, 2.45) is 0 Å². The van der Waals surface area contributed by atoms with Crippen molar-refractivity contribution in [3.05, 3.63) is 57.9 Å². The van der Waals surface area contributed by atoms with Crippen LogP contribution in [-0.4, -0.2) is 14.5 Å². The normalized spacial score (nSPS) is 11.0. The number of nitro benzene ring substituents is 1. The predicted octanol–water partition coefficient (Wildman–Crippen LogP) is 3.13. The van der Waals surface area contributed by atoms with Gasteiger partial charge in [0, 0.05) is 17.8 Å². The van der Waals surface area contributed by atoms with Crippen molar-refractivity contribution >= 4 is 22.4 Å². The minimum absolute atomic E-state index is 0.0318. The Balaban J connectivity index is 2.25. The third-order valence-corrected chi connectivity index (χ3v) is 3.58. The number of nitrogen functional groups attached to an aromatic ring is 1. The second-order valence-electron chi connectivity index (χ2n) is 5.08. The standard InChI is InChI=1S/C15H14N4O2/c1-9-3-14-15(4-10(9)2)18(8-17-14)12-5-11(16)6-13(7-12)19(20)21/h3-8H,16H2,1-2H3. The van der Waals surface area contributed by atoms with Crippen LogP contribution >= 0.6 is 0 Å². The minimum Gasteiger partial charge on any atom is -0.398 e. The highest BCUT2D eigenvalue weighted by Crippen LogP contribution is 2.26. The summed E-state index contributed by atoms with van der Waals surface area (Å²) in [6, 6.07) is 8.56. The van der Waals surface area contributed by atoms with Gasteiger partial charge in [0.05, 0.1) is 21.6 Å². The van der Waals surface area contributed by atoms with E-state index >= 15 is 0 Å². The lowest BCUT2D eigenvalue weighted by molar-refractivity contribution is -0.384. The molecule has 0 fully saturated rings. The van der Waals surface area contributed by atoms with Crippen LogP contribution in [0, 0.1) is 24.0 Å². The first kappa shape index (κ1) is 13.1. The van der Waals surface area contributed by atoms with Crippen molar-refractivity contribution in [1.29, 1.82) is 0 Å². The van der Waals surface area contributed by atoms with Gasteiger partial charge in [0.25, 0.3) is 5.69 Å². The zero-order valence-corrected chi connectivity index (χ0v) is 11.7. The molecule has 0 aliphatic heterocycles. The molecule has 0 radical (unpaired) electrons. The fourth-order valence-corrected chi connectivity index (χ4v) is 2.33. The smallest absolute Gasteiger partial charge is 0.273 e. The van der Waals surface area contributed by atoms with Crippen LogP contribution < -0.4 is 5.73 Å². The lowest BCUT2D eigenvalue weighted by Crippen LogP contribution is -1.98. The van der Waals surface area contributed by atoms with Crippen molar-refractivity contribution < 1.29 is 4.92 Å². The van der Waals surface area contributed by atoms with Crippen molar-refractivity contribution in [1.82, 2.24) is 9.55 Å². The van der Waals surface area contributed by atoms with Crippen molar-refractivity contribution in [3.8, 4) is 5.69 Å². The van der Waals surface area contributed by atoms with Crippen LogP contribution in [-0.2, 0) is 0 Å². The number of non-ortho nitro benzene ring substituents is 1. The van der Waals surface area contributed by atoms with E-state index in [2.05, 4.69) is 4.98 Å². The molecule has 3 aromatic rings. The molecule has 0 aliphatic rings. The largest absolute Gasteiger partial charge is 0.398 e. The first-order valence-corrected chi connectivity index (χ1v) is 6.45. The lowest BCUT2D eigenvalue weighted by atomic mass is 10.1. The summed E-state index contributed by atoms with van der Waals surface area (Å²) in [5.41, 5.74) is 10.8. The number of anilines is 1. The van der Waals surface area contributed by atoms with Gasteiger partial charge < -0.3 is 5.73 Å². The highest BCUT2D eigenvalue weighted by molar-refractivity contribution is 5.79. The van der Waals surface area contributed by atoms with Crippen LogP contribution in [0.5, 0.6) is 0 Å². The van der Waals surface area contributed by atoms with E-state index in [1.54, 1.807) is 12.4 Å². The van der Waals surface area contributed by atoms with Gasteiger partial charge in [-0.25, -0.2) is 4.98 Å². The average molecular weight is 282 g/mol. The van der Waals surface area contributed by atoms with Crippen LogP contribution in [0.15, 0.2) is 36.7 Å². The Morgan fingerprint density at radius 1 is 1.14 bits per heavy atom. The molecule has 2 aromatic carbocycles.